The van der Waals surface area contributed by atoms with E-state index < -0.39 is 45.1 Å². The molecule has 0 unspecified atom stereocenters. The number of halogens is 3. The van der Waals surface area contributed by atoms with E-state index in [2.05, 4.69) is 10.3 Å². The molecule has 0 fully saturated rings. The van der Waals surface area contributed by atoms with Crippen molar-refractivity contribution in [3.05, 3.63) is 40.9 Å². The van der Waals surface area contributed by atoms with Crippen molar-refractivity contribution in [2.75, 3.05) is 18.5 Å². The predicted molar refractivity (Wildman–Crippen MR) is 97.7 cm³/mol. The monoisotopic (exact) mass is 451 g/mol. The van der Waals surface area contributed by atoms with Crippen LogP contribution in [0.2, 0.25) is 0 Å². The maximum Gasteiger partial charge on any atom is 0.416 e. The number of rotatable bonds is 8. The number of benzene rings is 1. The van der Waals surface area contributed by atoms with Crippen LogP contribution in [0.25, 0.3) is 0 Å². The molecule has 2 N–H and O–H groups in total. The van der Waals surface area contributed by atoms with Crippen molar-refractivity contribution in [2.24, 2.45) is 0 Å². The number of alkyl halides is 3. The highest BCUT2D eigenvalue weighted by Gasteiger charge is 2.31. The lowest BCUT2D eigenvalue weighted by atomic mass is 10.2. The number of hydrogen-bond acceptors (Lipinski definition) is 7. The highest BCUT2D eigenvalue weighted by Crippen LogP contribution is 2.30. The van der Waals surface area contributed by atoms with Gasteiger partial charge in [0.05, 0.1) is 35.7 Å². The molecule has 8 nitrogen and oxygen atoms in total. The molecular formula is C16H16F3N3O5S2. The first-order valence-electron chi connectivity index (χ1n) is 8.08. The molecule has 13 heteroatoms. The molecule has 0 aliphatic carbocycles. The van der Waals surface area contributed by atoms with Crippen molar-refractivity contribution < 1.29 is 35.9 Å². The van der Waals surface area contributed by atoms with Gasteiger partial charge in [0.15, 0.2) is 5.13 Å². The number of aromatic nitrogens is 1. The number of amides is 1. The van der Waals surface area contributed by atoms with Crippen LogP contribution in [-0.4, -0.2) is 38.4 Å². The predicted octanol–water partition coefficient (Wildman–Crippen LogP) is 2.18. The van der Waals surface area contributed by atoms with Crippen LogP contribution in [0.5, 0.6) is 0 Å². The lowest BCUT2D eigenvalue weighted by molar-refractivity contribution is -0.142. The van der Waals surface area contributed by atoms with E-state index >= 15 is 0 Å². The fraction of sp³-hybridized carbons (Fsp3) is 0.312. The molecule has 0 aliphatic heterocycles. The van der Waals surface area contributed by atoms with Gasteiger partial charge >= 0.3 is 12.1 Å². The zero-order chi connectivity index (χ0) is 21.7. The number of carbonyl (C=O) groups is 2. The summed E-state index contributed by atoms with van der Waals surface area (Å²) in [7, 11) is -4.34. The molecule has 2 rings (SSSR count). The molecule has 1 aromatic carbocycles. The van der Waals surface area contributed by atoms with Gasteiger partial charge in [0, 0.05) is 5.38 Å². The molecule has 0 radical (unpaired) electrons. The standard InChI is InChI=1S/C16H16F3N3O5S2/c1-2-27-14(24)7-11-9-28-15(21-11)22-13(23)8-20-29(25,26)12-5-3-4-10(6-12)16(17,18)19/h3-6,9,20H,2,7-8H2,1H3,(H,21,22,23). The van der Waals surface area contributed by atoms with Crippen LogP contribution in [0.4, 0.5) is 18.3 Å². The van der Waals surface area contributed by atoms with Crippen molar-refractivity contribution in [3.8, 4) is 0 Å². The average Bonchev–Trinajstić information content (AvgIpc) is 3.06. The zero-order valence-electron chi connectivity index (χ0n) is 14.9. The van der Waals surface area contributed by atoms with E-state index in [4.69, 9.17) is 4.74 Å². The average molecular weight is 451 g/mol. The molecule has 0 saturated carbocycles. The number of hydrogen-bond donors (Lipinski definition) is 2. The van der Waals surface area contributed by atoms with E-state index in [0.717, 1.165) is 29.5 Å². The Bertz CT molecular complexity index is 990. The van der Waals surface area contributed by atoms with Gasteiger partial charge in [-0.05, 0) is 25.1 Å². The van der Waals surface area contributed by atoms with Gasteiger partial charge in [0.25, 0.3) is 0 Å². The van der Waals surface area contributed by atoms with Crippen LogP contribution in [0.3, 0.4) is 0 Å². The highest BCUT2D eigenvalue weighted by atomic mass is 32.2. The van der Waals surface area contributed by atoms with E-state index in [9.17, 15) is 31.2 Å². The summed E-state index contributed by atoms with van der Waals surface area (Å²) in [4.78, 5) is 26.7. The van der Waals surface area contributed by atoms with Crippen LogP contribution >= 0.6 is 11.3 Å². The Morgan fingerprint density at radius 2 is 2.00 bits per heavy atom. The van der Waals surface area contributed by atoms with Gasteiger partial charge in [-0.25, -0.2) is 18.1 Å². The molecule has 2 aromatic rings. The summed E-state index contributed by atoms with van der Waals surface area (Å²) >= 11 is 1.02. The van der Waals surface area contributed by atoms with E-state index in [1.165, 1.54) is 5.38 Å². The molecule has 0 aliphatic rings. The van der Waals surface area contributed by atoms with E-state index in [1.807, 2.05) is 4.72 Å². The molecular weight excluding hydrogens is 435 g/mol. The smallest absolute Gasteiger partial charge is 0.416 e. The van der Waals surface area contributed by atoms with Crippen LogP contribution < -0.4 is 10.0 Å². The number of esters is 1. The normalized spacial score (nSPS) is 11.9. The minimum absolute atomic E-state index is 0.0810. The Morgan fingerprint density at radius 1 is 1.28 bits per heavy atom. The largest absolute Gasteiger partial charge is 0.466 e. The zero-order valence-corrected chi connectivity index (χ0v) is 16.6. The Morgan fingerprint density at radius 3 is 2.66 bits per heavy atom. The van der Waals surface area contributed by atoms with E-state index in [1.54, 1.807) is 6.92 Å². The second kappa shape index (κ2) is 9.33. The number of thiazole rings is 1. The number of ether oxygens (including phenoxy) is 1. The molecule has 0 bridgehead atoms. The fourth-order valence-corrected chi connectivity index (χ4v) is 3.81. The maximum atomic E-state index is 12.7. The lowest BCUT2D eigenvalue weighted by Crippen LogP contribution is -2.33. The van der Waals surface area contributed by atoms with Gasteiger partial charge in [-0.1, -0.05) is 6.07 Å². The van der Waals surface area contributed by atoms with Crippen molar-refractivity contribution >= 4 is 38.4 Å². The first-order valence-corrected chi connectivity index (χ1v) is 10.4. The van der Waals surface area contributed by atoms with Gasteiger partial charge in [0.1, 0.15) is 0 Å². The van der Waals surface area contributed by atoms with Crippen molar-refractivity contribution in [1.82, 2.24) is 9.71 Å². The van der Waals surface area contributed by atoms with Gasteiger partial charge in [-0.15, -0.1) is 11.3 Å². The summed E-state index contributed by atoms with van der Waals surface area (Å²) < 4.78 is 69.1. The second-order valence-corrected chi connectivity index (χ2v) is 8.15. The molecule has 1 aromatic heterocycles. The molecule has 158 valence electrons. The molecule has 29 heavy (non-hydrogen) atoms. The summed E-state index contributed by atoms with van der Waals surface area (Å²) in [6.07, 6.45) is -4.78. The summed E-state index contributed by atoms with van der Waals surface area (Å²) in [5.74, 6) is -1.26. The number of anilines is 1. The molecule has 0 atom stereocenters. The summed E-state index contributed by atoms with van der Waals surface area (Å²) in [6, 6.07) is 3.15. The minimum Gasteiger partial charge on any atom is -0.466 e. The van der Waals surface area contributed by atoms with Crippen LogP contribution in [0.1, 0.15) is 18.2 Å². The lowest BCUT2D eigenvalue weighted by Gasteiger charge is -2.10. The summed E-state index contributed by atoms with van der Waals surface area (Å²) in [5, 5.41) is 4.00. The first kappa shape index (κ1) is 22.8. The van der Waals surface area contributed by atoms with Crippen molar-refractivity contribution in [2.45, 2.75) is 24.4 Å². The molecule has 1 heterocycles. The summed E-state index contributed by atoms with van der Waals surface area (Å²) in [6.45, 7) is 1.16. The highest BCUT2D eigenvalue weighted by molar-refractivity contribution is 7.89. The molecule has 1 amide bonds. The second-order valence-electron chi connectivity index (χ2n) is 5.52. The molecule has 0 spiro atoms. The third-order valence-electron chi connectivity index (χ3n) is 3.32. The Kier molecular flexibility index (Phi) is 7.32. The maximum absolute atomic E-state index is 12.7. The fourth-order valence-electron chi connectivity index (χ4n) is 2.05. The molecule has 0 saturated heterocycles. The quantitative estimate of drug-likeness (QED) is 0.595. The Labute approximate surface area is 168 Å². The minimum atomic E-state index is -4.70. The van der Waals surface area contributed by atoms with Gasteiger partial charge in [-0.3, -0.25) is 9.59 Å². The van der Waals surface area contributed by atoms with E-state index in [-0.39, 0.29) is 18.2 Å². The SMILES string of the molecule is CCOC(=O)Cc1csc(NC(=O)CNS(=O)(=O)c2cccc(C(F)(F)F)c2)n1. The number of nitrogens with zero attached hydrogens (tertiary/aromatic N) is 1. The van der Waals surface area contributed by atoms with Crippen LogP contribution in [-0.2, 0) is 36.9 Å². The number of nitrogens with one attached hydrogen (secondary N) is 2. The van der Waals surface area contributed by atoms with Gasteiger partial charge in [0.2, 0.25) is 15.9 Å². The topological polar surface area (TPSA) is 114 Å². The first-order chi connectivity index (χ1) is 13.5. The van der Waals surface area contributed by atoms with Crippen LogP contribution in [0, 0.1) is 0 Å². The Balaban J connectivity index is 1.95. The van der Waals surface area contributed by atoms with Gasteiger partial charge < -0.3 is 10.1 Å². The number of carbonyl (C=O) groups excluding carboxylic acids is 2. The van der Waals surface area contributed by atoms with Crippen molar-refractivity contribution in [3.63, 3.8) is 0 Å². The van der Waals surface area contributed by atoms with E-state index in [0.29, 0.717) is 11.8 Å². The summed E-state index contributed by atoms with van der Waals surface area (Å²) in [5.41, 5.74) is -0.755. The third kappa shape index (κ3) is 6.80. The number of sulfonamides is 1. The van der Waals surface area contributed by atoms with Gasteiger partial charge in [-0.2, -0.15) is 13.2 Å². The third-order valence-corrected chi connectivity index (χ3v) is 5.53. The Hall–Kier alpha value is -2.51. The van der Waals surface area contributed by atoms with Crippen molar-refractivity contribution in [1.29, 1.82) is 0 Å². The van der Waals surface area contributed by atoms with Crippen LogP contribution in [0.15, 0.2) is 34.5 Å².